The summed E-state index contributed by atoms with van der Waals surface area (Å²) in [6.07, 6.45) is 0. The van der Waals surface area contributed by atoms with Gasteiger partial charge in [0, 0.05) is 25.7 Å². The molecule has 0 amide bonds. The molecule has 0 aliphatic carbocycles. The fourth-order valence-electron chi connectivity index (χ4n) is 2.13. The van der Waals surface area contributed by atoms with Crippen molar-refractivity contribution in [1.29, 1.82) is 5.26 Å². The number of benzene rings is 1. The minimum Gasteiger partial charge on any atom is -0.301 e. The van der Waals surface area contributed by atoms with Gasteiger partial charge in [0.05, 0.1) is 15.5 Å². The fraction of sp³-hybridized carbons (Fsp3) is 0.462. The Bertz CT molecular complexity index is 654. The number of likely N-dealkylation sites (N-methyl/N-ethyl adjacent to an activating group) is 1. The second-order valence-corrected chi connectivity index (χ2v) is 7.29. The molecule has 1 fully saturated rings. The summed E-state index contributed by atoms with van der Waals surface area (Å²) in [5.41, 5.74) is 0.275. The van der Waals surface area contributed by atoms with E-state index in [2.05, 4.69) is 4.90 Å². The lowest BCUT2D eigenvalue weighted by Crippen LogP contribution is -2.51. The molecule has 5 nitrogen and oxygen atoms in total. The van der Waals surface area contributed by atoms with Crippen LogP contribution in [-0.4, -0.2) is 50.3 Å². The zero-order valence-electron chi connectivity index (χ0n) is 11.4. The molecule has 1 atom stereocenters. The minimum absolute atomic E-state index is 0.137. The Balaban J connectivity index is 2.31. The summed E-state index contributed by atoms with van der Waals surface area (Å²) in [5, 5.41) is 8.99. The number of sulfonamides is 1. The van der Waals surface area contributed by atoms with E-state index in [1.54, 1.807) is 0 Å². The number of hydrogen-bond acceptors (Lipinski definition) is 4. The summed E-state index contributed by atoms with van der Waals surface area (Å²) in [6, 6.07) is 6.31. The Morgan fingerprint density at radius 2 is 2.10 bits per heavy atom. The van der Waals surface area contributed by atoms with Gasteiger partial charge >= 0.3 is 0 Å². The highest BCUT2D eigenvalue weighted by atomic mass is 35.5. The van der Waals surface area contributed by atoms with Crippen LogP contribution in [0.4, 0.5) is 0 Å². The van der Waals surface area contributed by atoms with Gasteiger partial charge in [-0.05, 0) is 32.2 Å². The van der Waals surface area contributed by atoms with Gasteiger partial charge in [-0.15, -0.1) is 0 Å². The van der Waals surface area contributed by atoms with Crippen LogP contribution in [0, 0.1) is 11.3 Å². The molecule has 1 unspecified atom stereocenters. The van der Waals surface area contributed by atoms with Crippen molar-refractivity contribution >= 4 is 21.6 Å². The summed E-state index contributed by atoms with van der Waals surface area (Å²) in [4.78, 5) is 2.26. The van der Waals surface area contributed by atoms with E-state index in [-0.39, 0.29) is 21.5 Å². The zero-order chi connectivity index (χ0) is 14.9. The first-order valence-corrected chi connectivity index (χ1v) is 8.08. The first kappa shape index (κ1) is 15.3. The second kappa shape index (κ2) is 5.70. The summed E-state index contributed by atoms with van der Waals surface area (Å²) in [7, 11) is -1.57. The van der Waals surface area contributed by atoms with Crippen LogP contribution >= 0.6 is 11.6 Å². The molecule has 0 N–H and O–H groups in total. The lowest BCUT2D eigenvalue weighted by Gasteiger charge is -2.36. The molecule has 0 aromatic heterocycles. The van der Waals surface area contributed by atoms with Gasteiger partial charge < -0.3 is 4.90 Å². The van der Waals surface area contributed by atoms with Gasteiger partial charge in [0.1, 0.15) is 6.07 Å². The van der Waals surface area contributed by atoms with E-state index in [1.807, 2.05) is 20.0 Å². The quantitative estimate of drug-likeness (QED) is 0.830. The number of nitrogens with zero attached hydrogens (tertiary/aromatic N) is 3. The summed E-state index contributed by atoms with van der Waals surface area (Å²) in [6.45, 7) is 3.61. The van der Waals surface area contributed by atoms with Crippen LogP contribution in [0.2, 0.25) is 5.02 Å². The Morgan fingerprint density at radius 1 is 1.40 bits per heavy atom. The van der Waals surface area contributed by atoms with Gasteiger partial charge in [-0.2, -0.15) is 9.57 Å². The number of hydrogen-bond donors (Lipinski definition) is 0. The van der Waals surface area contributed by atoms with Crippen LogP contribution in [0.5, 0.6) is 0 Å². The molecule has 0 spiro atoms. The maximum Gasteiger partial charge on any atom is 0.243 e. The third-order valence-electron chi connectivity index (χ3n) is 3.62. The van der Waals surface area contributed by atoms with Gasteiger partial charge in [0.2, 0.25) is 10.0 Å². The molecule has 0 saturated carbocycles. The number of piperazine rings is 1. The molecule has 7 heteroatoms. The van der Waals surface area contributed by atoms with Crippen molar-refractivity contribution in [3.8, 4) is 6.07 Å². The standard InChI is InChI=1S/C13H16ClN3O2S/c1-10-9-17(6-5-16(10)2)20(18,19)12-4-3-11(8-15)13(14)7-12/h3-4,7,10H,5-6,9H2,1-2H3. The second-order valence-electron chi connectivity index (χ2n) is 4.95. The lowest BCUT2D eigenvalue weighted by atomic mass is 10.2. The van der Waals surface area contributed by atoms with Crippen molar-refractivity contribution in [2.45, 2.75) is 17.9 Å². The Kier molecular flexibility index (Phi) is 4.35. The van der Waals surface area contributed by atoms with E-state index >= 15 is 0 Å². The van der Waals surface area contributed by atoms with E-state index in [0.717, 1.165) is 0 Å². The van der Waals surface area contributed by atoms with Gasteiger partial charge in [0.15, 0.2) is 0 Å². The maximum atomic E-state index is 12.6. The smallest absolute Gasteiger partial charge is 0.243 e. The van der Waals surface area contributed by atoms with Crippen molar-refractivity contribution in [1.82, 2.24) is 9.21 Å². The van der Waals surface area contributed by atoms with Crippen LogP contribution < -0.4 is 0 Å². The molecule has 2 rings (SSSR count). The summed E-state index contributed by atoms with van der Waals surface area (Å²) < 4.78 is 26.6. The Hall–Kier alpha value is -1.13. The summed E-state index contributed by atoms with van der Waals surface area (Å²) >= 11 is 5.91. The van der Waals surface area contributed by atoms with Crippen molar-refractivity contribution in [3.63, 3.8) is 0 Å². The number of halogens is 1. The highest BCUT2D eigenvalue weighted by molar-refractivity contribution is 7.89. The maximum absolute atomic E-state index is 12.6. The molecule has 1 heterocycles. The van der Waals surface area contributed by atoms with Crippen molar-refractivity contribution in [3.05, 3.63) is 28.8 Å². The molecular formula is C13H16ClN3O2S. The normalized spacial score (nSPS) is 21.6. The molecule has 1 aliphatic heterocycles. The van der Waals surface area contributed by atoms with Gasteiger partial charge in [-0.25, -0.2) is 8.42 Å². The average molecular weight is 314 g/mol. The average Bonchev–Trinajstić information content (AvgIpc) is 2.41. The minimum atomic E-state index is -3.55. The molecule has 108 valence electrons. The molecule has 1 aromatic carbocycles. The van der Waals surface area contributed by atoms with Crippen molar-refractivity contribution < 1.29 is 8.42 Å². The van der Waals surface area contributed by atoms with Gasteiger partial charge in [-0.1, -0.05) is 11.6 Å². The van der Waals surface area contributed by atoms with Crippen molar-refractivity contribution in [2.24, 2.45) is 0 Å². The van der Waals surface area contributed by atoms with Gasteiger partial charge in [0.25, 0.3) is 0 Å². The van der Waals surface area contributed by atoms with Crippen LogP contribution in [0.25, 0.3) is 0 Å². The van der Waals surface area contributed by atoms with Crippen LogP contribution in [0.3, 0.4) is 0 Å². The summed E-state index contributed by atoms with van der Waals surface area (Å²) in [5.74, 6) is 0. The first-order valence-electron chi connectivity index (χ1n) is 6.26. The van der Waals surface area contributed by atoms with E-state index < -0.39 is 10.0 Å². The largest absolute Gasteiger partial charge is 0.301 e. The molecule has 1 saturated heterocycles. The molecule has 0 bridgehead atoms. The highest BCUT2D eigenvalue weighted by Gasteiger charge is 2.31. The molecule has 20 heavy (non-hydrogen) atoms. The van der Waals surface area contributed by atoms with E-state index in [9.17, 15) is 8.42 Å². The van der Waals surface area contributed by atoms with Gasteiger partial charge in [-0.3, -0.25) is 0 Å². The predicted molar refractivity (Wildman–Crippen MR) is 77.0 cm³/mol. The molecular weight excluding hydrogens is 298 g/mol. The highest BCUT2D eigenvalue weighted by Crippen LogP contribution is 2.24. The SMILES string of the molecule is CC1CN(S(=O)(=O)c2ccc(C#N)c(Cl)c2)CCN1C. The van der Waals surface area contributed by atoms with Crippen LogP contribution in [0.15, 0.2) is 23.1 Å². The zero-order valence-corrected chi connectivity index (χ0v) is 12.9. The number of rotatable bonds is 2. The number of nitriles is 1. The van der Waals surface area contributed by atoms with E-state index in [1.165, 1.54) is 22.5 Å². The molecule has 1 aliphatic rings. The lowest BCUT2D eigenvalue weighted by molar-refractivity contribution is 0.159. The van der Waals surface area contributed by atoms with Crippen molar-refractivity contribution in [2.75, 3.05) is 26.7 Å². The van der Waals surface area contributed by atoms with Crippen LogP contribution in [-0.2, 0) is 10.0 Å². The van der Waals surface area contributed by atoms with E-state index in [4.69, 9.17) is 16.9 Å². The predicted octanol–water partition coefficient (Wildman–Crippen LogP) is 1.54. The third-order valence-corrected chi connectivity index (χ3v) is 5.80. The fourth-order valence-corrected chi connectivity index (χ4v) is 3.96. The third kappa shape index (κ3) is 2.81. The molecule has 0 radical (unpaired) electrons. The van der Waals surface area contributed by atoms with E-state index in [0.29, 0.717) is 19.6 Å². The topological polar surface area (TPSA) is 64.4 Å². The Morgan fingerprint density at radius 3 is 2.65 bits per heavy atom. The first-order chi connectivity index (χ1) is 9.36. The molecule has 1 aromatic rings. The monoisotopic (exact) mass is 313 g/mol. The van der Waals surface area contributed by atoms with Crippen LogP contribution in [0.1, 0.15) is 12.5 Å². The Labute approximate surface area is 124 Å².